The van der Waals surface area contributed by atoms with Crippen LogP contribution in [0.3, 0.4) is 0 Å². The summed E-state index contributed by atoms with van der Waals surface area (Å²) in [6, 6.07) is 29.8. The Balaban J connectivity index is 1.29. The van der Waals surface area contributed by atoms with Crippen molar-refractivity contribution < 1.29 is 43.2 Å². The van der Waals surface area contributed by atoms with Crippen molar-refractivity contribution in [3.8, 4) is 11.5 Å². The number of hydrogen-bond acceptors (Lipinski definition) is 9. The molecule has 0 aliphatic carbocycles. The number of hydrogen-bond donors (Lipinski definition) is 7. The monoisotopic (exact) mass is 970 g/mol. The highest BCUT2D eigenvalue weighted by atomic mass is 32.2. The summed E-state index contributed by atoms with van der Waals surface area (Å²) in [5.41, 5.74) is 9.77. The normalized spacial score (nSPS) is 13.3. The maximum Gasteiger partial charge on any atom is 0.258 e. The SMILES string of the molecule is CC[n+]1ccc(/C=C/c2ccc(OCC(=O)N[C@@H](Cc3ccc(O)cc3)C(=O)N[C@@H](Cc3ccccc3)C(=O)N[C@@H](CCSC)C(=O)N[C@H](C(=O)N[C@@H](Cc3ccccc3)C(N)=O)C(C)C)cc2)cc1. The van der Waals surface area contributed by atoms with Crippen LogP contribution in [0.5, 0.6) is 11.5 Å². The second-order valence-corrected chi connectivity index (χ2v) is 18.1. The fourth-order valence-electron chi connectivity index (χ4n) is 7.35. The number of amides is 6. The largest absolute Gasteiger partial charge is 0.508 e. The van der Waals surface area contributed by atoms with E-state index in [0.29, 0.717) is 22.6 Å². The summed E-state index contributed by atoms with van der Waals surface area (Å²) in [5.74, 6) is -3.45. The van der Waals surface area contributed by atoms with E-state index in [4.69, 9.17) is 10.5 Å². The predicted molar refractivity (Wildman–Crippen MR) is 272 cm³/mol. The Kier molecular flexibility index (Phi) is 21.0. The van der Waals surface area contributed by atoms with E-state index in [1.54, 1.807) is 62.4 Å². The van der Waals surface area contributed by atoms with E-state index >= 15 is 0 Å². The number of phenols is 1. The molecule has 0 aliphatic heterocycles. The first-order valence-electron chi connectivity index (χ1n) is 23.3. The molecule has 0 unspecified atom stereocenters. The number of thioether (sulfide) groups is 1. The minimum absolute atomic E-state index is 0.00219. The number of nitrogens with two attached hydrogens (primary N) is 1. The first-order chi connectivity index (χ1) is 33.7. The minimum Gasteiger partial charge on any atom is -0.508 e. The van der Waals surface area contributed by atoms with E-state index < -0.39 is 78.2 Å². The van der Waals surface area contributed by atoms with Crippen LogP contribution in [0.15, 0.2) is 134 Å². The van der Waals surface area contributed by atoms with E-state index in [9.17, 15) is 33.9 Å². The van der Waals surface area contributed by atoms with Gasteiger partial charge in [-0.05, 0) is 83.4 Å². The van der Waals surface area contributed by atoms with Gasteiger partial charge in [-0.25, -0.2) is 4.57 Å². The lowest BCUT2D eigenvalue weighted by Gasteiger charge is -2.28. The van der Waals surface area contributed by atoms with Crippen molar-refractivity contribution in [1.29, 1.82) is 0 Å². The molecule has 1 heterocycles. The number of rotatable bonds is 26. The number of benzene rings is 4. The van der Waals surface area contributed by atoms with Gasteiger partial charge in [-0.2, -0.15) is 11.8 Å². The Morgan fingerprint density at radius 3 is 1.63 bits per heavy atom. The van der Waals surface area contributed by atoms with Gasteiger partial charge >= 0.3 is 0 Å². The maximum absolute atomic E-state index is 14.4. The van der Waals surface area contributed by atoms with Crippen molar-refractivity contribution in [1.82, 2.24) is 26.6 Å². The van der Waals surface area contributed by atoms with Crippen LogP contribution in [-0.4, -0.2) is 89.4 Å². The lowest BCUT2D eigenvalue weighted by molar-refractivity contribution is -0.693. The van der Waals surface area contributed by atoms with Gasteiger partial charge in [-0.15, -0.1) is 0 Å². The molecule has 0 saturated carbocycles. The molecule has 0 radical (unpaired) electrons. The number of aromatic nitrogens is 1. The average Bonchev–Trinajstić information content (AvgIpc) is 3.36. The molecule has 0 aliphatic rings. The van der Waals surface area contributed by atoms with Gasteiger partial charge in [0.05, 0.1) is 0 Å². The van der Waals surface area contributed by atoms with Crippen LogP contribution in [-0.2, 0) is 54.6 Å². The van der Waals surface area contributed by atoms with Gasteiger partial charge in [0.1, 0.15) is 48.3 Å². The molecule has 70 heavy (non-hydrogen) atoms. The van der Waals surface area contributed by atoms with Gasteiger partial charge in [0.25, 0.3) is 5.91 Å². The summed E-state index contributed by atoms with van der Waals surface area (Å²) in [4.78, 5) is 82.4. The molecule has 1 aromatic heterocycles. The number of aryl methyl sites for hydroxylation is 1. The maximum atomic E-state index is 14.4. The summed E-state index contributed by atoms with van der Waals surface area (Å²) in [7, 11) is 0. The van der Waals surface area contributed by atoms with Gasteiger partial charge in [0.15, 0.2) is 19.0 Å². The number of pyridine rings is 1. The van der Waals surface area contributed by atoms with Crippen LogP contribution in [0, 0.1) is 5.92 Å². The first-order valence-corrected chi connectivity index (χ1v) is 24.7. The minimum atomic E-state index is -1.23. The third kappa shape index (κ3) is 17.6. The Bertz CT molecular complexity index is 2510. The molecular weight excluding hydrogens is 907 g/mol. The number of ether oxygens (including phenoxy) is 1. The fraction of sp³-hybridized carbons (Fsp3) is 0.315. The van der Waals surface area contributed by atoms with Crippen molar-refractivity contribution in [2.24, 2.45) is 11.7 Å². The highest BCUT2D eigenvalue weighted by Crippen LogP contribution is 2.16. The Labute approximate surface area is 414 Å². The van der Waals surface area contributed by atoms with Crippen molar-refractivity contribution >= 4 is 59.4 Å². The molecule has 6 amide bonds. The molecule has 8 N–H and O–H groups in total. The molecule has 4 aromatic carbocycles. The molecule has 0 fully saturated rings. The lowest BCUT2D eigenvalue weighted by Crippen LogP contribution is -2.60. The van der Waals surface area contributed by atoms with Crippen LogP contribution < -0.4 is 41.6 Å². The second kappa shape index (κ2) is 27.5. The molecule has 368 valence electrons. The third-order valence-corrected chi connectivity index (χ3v) is 12.0. The van der Waals surface area contributed by atoms with Crippen molar-refractivity contribution in [3.05, 3.63) is 162 Å². The fourth-order valence-corrected chi connectivity index (χ4v) is 7.82. The molecule has 0 bridgehead atoms. The van der Waals surface area contributed by atoms with Crippen LogP contribution >= 0.6 is 11.8 Å². The second-order valence-electron chi connectivity index (χ2n) is 17.1. The van der Waals surface area contributed by atoms with Gasteiger partial charge in [-0.3, -0.25) is 28.8 Å². The standard InChI is InChI=1S/C54H63N7O8S/c1-5-61-29-26-38(27-30-61)17-16-37-20-24-43(25-21-37)69-35-48(63)56-46(34-41-18-22-42(62)23-19-41)52(66)59-47(33-40-14-10-7-11-15-40)53(67)57-44(28-31-70-4)51(65)60-49(36(2)3)54(68)58-45(50(55)64)32-39-12-8-6-9-13-39/h6-27,29-30,36,44-47,49H,5,28,31-35H2,1-4H3,(H7-,55,56,57,58,59,60,62,63,64,65,66,67,68)/p+1/b17-16+/t44-,45-,46-,47-,49-/m0/s1. The average molecular weight is 971 g/mol. The quantitative estimate of drug-likeness (QED) is 0.0393. The topological polar surface area (TPSA) is 222 Å². The zero-order valence-corrected chi connectivity index (χ0v) is 40.8. The number of phenolic OH excluding ortho intramolecular Hbond substituents is 1. The van der Waals surface area contributed by atoms with Crippen LogP contribution in [0.25, 0.3) is 12.2 Å². The molecular formula is C54H64N7O8S+. The van der Waals surface area contributed by atoms with Crippen LogP contribution in [0.1, 0.15) is 55.0 Å². The Morgan fingerprint density at radius 2 is 1.10 bits per heavy atom. The highest BCUT2D eigenvalue weighted by Gasteiger charge is 2.33. The highest BCUT2D eigenvalue weighted by molar-refractivity contribution is 7.98. The number of primary amides is 1. The summed E-state index contributed by atoms with van der Waals surface area (Å²) in [5, 5.41) is 23.9. The molecule has 5 atom stereocenters. The van der Waals surface area contributed by atoms with Gasteiger partial charge in [-0.1, -0.05) is 111 Å². The lowest BCUT2D eigenvalue weighted by atomic mass is 10.00. The first kappa shape index (κ1) is 53.5. The summed E-state index contributed by atoms with van der Waals surface area (Å²) in [6.45, 7) is 6.03. The number of aromatic hydroxyl groups is 1. The van der Waals surface area contributed by atoms with Crippen LogP contribution in [0.4, 0.5) is 0 Å². The van der Waals surface area contributed by atoms with Crippen molar-refractivity contribution in [2.75, 3.05) is 18.6 Å². The van der Waals surface area contributed by atoms with E-state index in [1.807, 2.05) is 91.5 Å². The molecule has 0 spiro atoms. The Hall–Kier alpha value is -7.46. The molecule has 5 aromatic rings. The van der Waals surface area contributed by atoms with Crippen LogP contribution in [0.2, 0.25) is 0 Å². The van der Waals surface area contributed by atoms with E-state index in [2.05, 4.69) is 38.1 Å². The van der Waals surface area contributed by atoms with Gasteiger partial charge in [0, 0.05) is 31.4 Å². The predicted octanol–water partition coefficient (Wildman–Crippen LogP) is 4.30. The number of carbonyl (C=O) groups excluding carboxylic acids is 6. The molecule has 15 nitrogen and oxygen atoms in total. The Morgan fingerprint density at radius 1 is 0.614 bits per heavy atom. The number of nitrogens with one attached hydrogen (secondary N) is 5. The van der Waals surface area contributed by atoms with Gasteiger partial charge in [0.2, 0.25) is 29.5 Å². The number of carbonyl (C=O) groups is 6. The molecule has 0 saturated heterocycles. The van der Waals surface area contributed by atoms with E-state index in [0.717, 1.165) is 23.2 Å². The summed E-state index contributed by atoms with van der Waals surface area (Å²) >= 11 is 1.46. The van der Waals surface area contributed by atoms with E-state index in [-0.39, 0.29) is 31.4 Å². The third-order valence-electron chi connectivity index (χ3n) is 11.4. The van der Waals surface area contributed by atoms with Crippen molar-refractivity contribution in [3.63, 3.8) is 0 Å². The molecule has 16 heteroatoms. The van der Waals surface area contributed by atoms with Gasteiger partial charge < -0.3 is 42.2 Å². The smallest absolute Gasteiger partial charge is 0.258 e. The molecule has 5 rings (SSSR count). The summed E-state index contributed by atoms with van der Waals surface area (Å²) in [6.07, 6.45) is 10.2. The zero-order chi connectivity index (χ0) is 50.4. The number of nitrogens with zero attached hydrogens (tertiary/aromatic N) is 1. The zero-order valence-electron chi connectivity index (χ0n) is 40.0. The van der Waals surface area contributed by atoms with Crippen molar-refractivity contribution in [2.45, 2.75) is 83.2 Å². The summed E-state index contributed by atoms with van der Waals surface area (Å²) < 4.78 is 7.89. The van der Waals surface area contributed by atoms with E-state index in [1.165, 1.54) is 23.9 Å².